The lowest BCUT2D eigenvalue weighted by Gasteiger charge is -2.14. The molecule has 6 heteroatoms. The van der Waals surface area contributed by atoms with Crippen LogP contribution in [0.5, 0.6) is 0 Å². The molecule has 0 fully saturated rings. The van der Waals surface area contributed by atoms with Gasteiger partial charge >= 0.3 is 5.97 Å². The number of rotatable bonds is 7. The van der Waals surface area contributed by atoms with Crippen LogP contribution < -0.4 is 10.7 Å². The van der Waals surface area contributed by atoms with Crippen LogP contribution in [-0.4, -0.2) is 24.5 Å². The van der Waals surface area contributed by atoms with Crippen molar-refractivity contribution < 1.29 is 18.7 Å². The number of hydrogen-bond acceptors (Lipinski definition) is 5. The second-order valence-electron chi connectivity index (χ2n) is 6.54. The predicted octanol–water partition coefficient (Wildman–Crippen LogP) is 3.09. The number of hydrogen-bond donors (Lipinski definition) is 1. The number of esters is 1. The summed E-state index contributed by atoms with van der Waals surface area (Å²) in [7, 11) is 0. The molecule has 0 saturated carbocycles. The molecule has 0 unspecified atom stereocenters. The number of para-hydroxylation sites is 1. The monoisotopic (exact) mass is 379 g/mol. The summed E-state index contributed by atoms with van der Waals surface area (Å²) in [6.45, 7) is 1.45. The van der Waals surface area contributed by atoms with E-state index in [9.17, 15) is 14.4 Å². The van der Waals surface area contributed by atoms with E-state index in [-0.39, 0.29) is 17.2 Å². The Kier molecular flexibility index (Phi) is 6.22. The molecule has 0 saturated heterocycles. The molecule has 0 bridgehead atoms. The number of carbonyl (C=O) groups is 2. The van der Waals surface area contributed by atoms with Crippen LogP contribution in [-0.2, 0) is 16.0 Å². The molecule has 3 aromatic rings. The van der Waals surface area contributed by atoms with E-state index in [1.807, 2.05) is 37.3 Å². The van der Waals surface area contributed by atoms with Crippen molar-refractivity contribution in [1.29, 1.82) is 0 Å². The van der Waals surface area contributed by atoms with Gasteiger partial charge in [0.1, 0.15) is 5.58 Å². The molecule has 1 amide bonds. The smallest absolute Gasteiger partial charge is 0.374 e. The van der Waals surface area contributed by atoms with Gasteiger partial charge in [0.05, 0.1) is 5.39 Å². The van der Waals surface area contributed by atoms with Gasteiger partial charge in [-0.25, -0.2) is 4.79 Å². The van der Waals surface area contributed by atoms with E-state index in [0.717, 1.165) is 18.9 Å². The predicted molar refractivity (Wildman–Crippen MR) is 105 cm³/mol. The summed E-state index contributed by atoms with van der Waals surface area (Å²) < 4.78 is 10.4. The summed E-state index contributed by atoms with van der Waals surface area (Å²) in [5.74, 6) is -1.49. The maximum absolute atomic E-state index is 12.1. The van der Waals surface area contributed by atoms with Gasteiger partial charge in [-0.3, -0.25) is 9.59 Å². The van der Waals surface area contributed by atoms with E-state index in [0.29, 0.717) is 11.0 Å². The summed E-state index contributed by atoms with van der Waals surface area (Å²) in [5.41, 5.74) is 1.15. The van der Waals surface area contributed by atoms with Crippen molar-refractivity contribution in [3.05, 3.63) is 82.2 Å². The first-order valence-electron chi connectivity index (χ1n) is 9.06. The van der Waals surface area contributed by atoms with Crippen LogP contribution in [0.1, 0.15) is 29.5 Å². The highest BCUT2D eigenvalue weighted by Crippen LogP contribution is 2.12. The van der Waals surface area contributed by atoms with Crippen LogP contribution >= 0.6 is 0 Å². The Balaban J connectivity index is 1.50. The van der Waals surface area contributed by atoms with Crippen molar-refractivity contribution in [1.82, 2.24) is 5.32 Å². The fourth-order valence-electron chi connectivity index (χ4n) is 2.82. The molecule has 1 atom stereocenters. The van der Waals surface area contributed by atoms with Crippen LogP contribution in [0.2, 0.25) is 0 Å². The highest BCUT2D eigenvalue weighted by molar-refractivity contribution is 5.90. The third-order valence-electron chi connectivity index (χ3n) is 4.29. The molecule has 6 nitrogen and oxygen atoms in total. The maximum atomic E-state index is 12.1. The number of amides is 1. The summed E-state index contributed by atoms with van der Waals surface area (Å²) in [4.78, 5) is 36.1. The van der Waals surface area contributed by atoms with E-state index in [1.165, 1.54) is 5.56 Å². The average Bonchev–Trinajstić information content (AvgIpc) is 2.71. The molecule has 0 spiro atoms. The van der Waals surface area contributed by atoms with Crippen LogP contribution in [0.3, 0.4) is 0 Å². The second kappa shape index (κ2) is 8.99. The Morgan fingerprint density at radius 2 is 1.79 bits per heavy atom. The minimum atomic E-state index is -0.852. The maximum Gasteiger partial charge on any atom is 0.374 e. The first-order valence-corrected chi connectivity index (χ1v) is 9.06. The van der Waals surface area contributed by atoms with Crippen molar-refractivity contribution in [3.63, 3.8) is 0 Å². The molecule has 0 aliphatic carbocycles. The molecule has 0 radical (unpaired) electrons. The Labute approximate surface area is 162 Å². The van der Waals surface area contributed by atoms with Gasteiger partial charge in [0.25, 0.3) is 5.91 Å². The highest BCUT2D eigenvalue weighted by Gasteiger charge is 2.16. The molecule has 3 rings (SSSR count). The number of benzene rings is 2. The highest BCUT2D eigenvalue weighted by atomic mass is 16.5. The zero-order chi connectivity index (χ0) is 19.9. The minimum absolute atomic E-state index is 0.0648. The normalized spacial score (nSPS) is 11.8. The van der Waals surface area contributed by atoms with E-state index in [2.05, 4.69) is 5.32 Å². The second-order valence-corrected chi connectivity index (χ2v) is 6.54. The third-order valence-corrected chi connectivity index (χ3v) is 4.29. The number of aryl methyl sites for hydroxylation is 1. The van der Waals surface area contributed by atoms with Crippen molar-refractivity contribution in [2.75, 3.05) is 6.61 Å². The Morgan fingerprint density at radius 3 is 2.57 bits per heavy atom. The zero-order valence-electron chi connectivity index (χ0n) is 15.5. The molecule has 0 aliphatic rings. The summed E-state index contributed by atoms with van der Waals surface area (Å²) in [6.07, 6.45) is 1.60. The zero-order valence-corrected chi connectivity index (χ0v) is 15.5. The molecule has 0 aliphatic heterocycles. The first kappa shape index (κ1) is 19.4. The average molecular weight is 379 g/mol. The lowest BCUT2D eigenvalue weighted by molar-refractivity contribution is -0.124. The van der Waals surface area contributed by atoms with Gasteiger partial charge in [0.15, 0.2) is 12.0 Å². The Morgan fingerprint density at radius 1 is 1.07 bits per heavy atom. The standard InChI is InChI=1S/C22H21NO5/c1-15(11-12-16-7-3-2-4-8-16)23-21(25)14-27-22(26)20-13-18(24)17-9-5-6-10-19(17)28-20/h2-10,13,15H,11-12,14H2,1H3,(H,23,25)/t15-/m0/s1. The van der Waals surface area contributed by atoms with Crippen LogP contribution in [0, 0.1) is 0 Å². The van der Waals surface area contributed by atoms with Gasteiger partial charge in [0.2, 0.25) is 5.76 Å². The Hall–Kier alpha value is -3.41. The third kappa shape index (κ3) is 5.07. The first-order chi connectivity index (χ1) is 13.5. The van der Waals surface area contributed by atoms with Gasteiger partial charge in [-0.05, 0) is 37.5 Å². The quantitative estimate of drug-likeness (QED) is 0.638. The van der Waals surface area contributed by atoms with E-state index < -0.39 is 18.5 Å². The van der Waals surface area contributed by atoms with E-state index >= 15 is 0 Å². The molecule has 1 heterocycles. The molecule has 1 aromatic heterocycles. The van der Waals surface area contributed by atoms with Crippen LogP contribution in [0.25, 0.3) is 11.0 Å². The van der Waals surface area contributed by atoms with Gasteiger partial charge in [-0.2, -0.15) is 0 Å². The van der Waals surface area contributed by atoms with E-state index in [1.54, 1.807) is 24.3 Å². The fourth-order valence-corrected chi connectivity index (χ4v) is 2.82. The summed E-state index contributed by atoms with van der Waals surface area (Å²) in [5, 5.41) is 3.17. The fraction of sp³-hybridized carbons (Fsp3) is 0.227. The molecular formula is C22H21NO5. The van der Waals surface area contributed by atoms with Crippen LogP contribution in [0.4, 0.5) is 0 Å². The molecular weight excluding hydrogens is 358 g/mol. The molecule has 1 N–H and O–H groups in total. The lowest BCUT2D eigenvalue weighted by atomic mass is 10.1. The van der Waals surface area contributed by atoms with Crippen molar-refractivity contribution in [2.45, 2.75) is 25.8 Å². The van der Waals surface area contributed by atoms with Gasteiger partial charge < -0.3 is 14.5 Å². The minimum Gasteiger partial charge on any atom is -0.450 e. The van der Waals surface area contributed by atoms with Gasteiger partial charge in [-0.1, -0.05) is 42.5 Å². The van der Waals surface area contributed by atoms with Crippen LogP contribution in [0.15, 0.2) is 69.9 Å². The molecule has 28 heavy (non-hydrogen) atoms. The van der Waals surface area contributed by atoms with Crippen molar-refractivity contribution >= 4 is 22.8 Å². The van der Waals surface area contributed by atoms with Gasteiger partial charge in [-0.15, -0.1) is 0 Å². The van der Waals surface area contributed by atoms with Crippen molar-refractivity contribution in [2.24, 2.45) is 0 Å². The summed E-state index contributed by atoms with van der Waals surface area (Å²) >= 11 is 0. The topological polar surface area (TPSA) is 85.6 Å². The number of fused-ring (bicyclic) bond motifs is 1. The molecule has 144 valence electrons. The summed E-state index contributed by atoms with van der Waals surface area (Å²) in [6, 6.07) is 17.6. The SMILES string of the molecule is C[C@@H](CCc1ccccc1)NC(=O)COC(=O)c1cc(=O)c2ccccc2o1. The van der Waals surface area contributed by atoms with Gasteiger partial charge in [0, 0.05) is 12.1 Å². The lowest BCUT2D eigenvalue weighted by Crippen LogP contribution is -2.36. The number of ether oxygens (including phenoxy) is 1. The van der Waals surface area contributed by atoms with Crippen molar-refractivity contribution in [3.8, 4) is 0 Å². The molecule has 2 aromatic carbocycles. The number of carbonyl (C=O) groups excluding carboxylic acids is 2. The van der Waals surface area contributed by atoms with E-state index in [4.69, 9.17) is 9.15 Å². The Bertz CT molecular complexity index is 1030. The largest absolute Gasteiger partial charge is 0.450 e. The number of nitrogens with one attached hydrogen (secondary N) is 1.